The van der Waals surface area contributed by atoms with Gasteiger partial charge in [0.15, 0.2) is 5.78 Å². The summed E-state index contributed by atoms with van der Waals surface area (Å²) in [6.07, 6.45) is 3.65. The molecular weight excluding hydrogens is 458 g/mol. The molecule has 3 aromatic rings. The van der Waals surface area contributed by atoms with Gasteiger partial charge in [-0.25, -0.2) is 0 Å². The molecule has 8 rings (SSSR count). The third-order valence-electron chi connectivity index (χ3n) is 10.3. The van der Waals surface area contributed by atoms with Gasteiger partial charge in [-0.2, -0.15) is 0 Å². The molecule has 186 valence electrons. The van der Waals surface area contributed by atoms with Gasteiger partial charge in [0.1, 0.15) is 5.54 Å². The first-order valence-corrected chi connectivity index (χ1v) is 13.7. The number of Topliss-reactive ketones (excluding diaryl/α,β-unsaturated/α-hetero) is 1. The number of hydrogen-bond donors (Lipinski definition) is 2. The number of carbonyl (C=O) groups is 2. The van der Waals surface area contributed by atoms with Crippen LogP contribution >= 0.6 is 0 Å². The number of aryl methyl sites for hydroxylation is 1. The molecule has 3 fully saturated rings. The normalized spacial score (nSPS) is 35.3. The zero-order chi connectivity index (χ0) is 24.9. The van der Waals surface area contributed by atoms with Gasteiger partial charge in [0, 0.05) is 34.8 Å². The van der Waals surface area contributed by atoms with Crippen LogP contribution in [0.2, 0.25) is 0 Å². The smallest absolute Gasteiger partial charge is 0.250 e. The first kappa shape index (κ1) is 21.6. The van der Waals surface area contributed by atoms with Crippen molar-refractivity contribution >= 4 is 23.1 Å². The Morgan fingerprint density at radius 2 is 1.65 bits per heavy atom. The zero-order valence-electron chi connectivity index (χ0n) is 21.0. The van der Waals surface area contributed by atoms with Crippen molar-refractivity contribution in [2.45, 2.75) is 62.1 Å². The first-order chi connectivity index (χ1) is 18.1. The summed E-state index contributed by atoms with van der Waals surface area (Å²) in [5, 5.41) is 6.87. The predicted octanol–water partition coefficient (Wildman–Crippen LogP) is 5.33. The van der Waals surface area contributed by atoms with Crippen LogP contribution in [0.25, 0.3) is 0 Å². The Hall–Kier alpha value is -3.44. The molecule has 2 N–H and O–H groups in total. The van der Waals surface area contributed by atoms with Crippen molar-refractivity contribution in [3.05, 3.63) is 95.1 Å². The maximum atomic E-state index is 15.2. The van der Waals surface area contributed by atoms with Crippen molar-refractivity contribution in [2.24, 2.45) is 5.41 Å². The van der Waals surface area contributed by atoms with Gasteiger partial charge in [-0.3, -0.25) is 14.5 Å². The average Bonchev–Trinajstić information content (AvgIpc) is 3.65. The van der Waals surface area contributed by atoms with E-state index in [9.17, 15) is 4.79 Å². The van der Waals surface area contributed by atoms with Gasteiger partial charge < -0.3 is 10.6 Å². The maximum absolute atomic E-state index is 15.2. The summed E-state index contributed by atoms with van der Waals surface area (Å²) in [4.78, 5) is 32.1. The Kier molecular flexibility index (Phi) is 4.28. The van der Waals surface area contributed by atoms with Crippen LogP contribution in [0.1, 0.15) is 59.8 Å². The summed E-state index contributed by atoms with van der Waals surface area (Å²) < 4.78 is 0. The van der Waals surface area contributed by atoms with E-state index in [-0.39, 0.29) is 35.6 Å². The fourth-order valence-electron chi connectivity index (χ4n) is 9.04. The van der Waals surface area contributed by atoms with Crippen LogP contribution < -0.4 is 10.6 Å². The topological polar surface area (TPSA) is 61.4 Å². The Bertz CT molecular complexity index is 1460. The molecule has 3 aromatic carbocycles. The summed E-state index contributed by atoms with van der Waals surface area (Å²) in [7, 11) is 0. The van der Waals surface area contributed by atoms with Gasteiger partial charge in [0.2, 0.25) is 0 Å². The third kappa shape index (κ3) is 2.44. The van der Waals surface area contributed by atoms with E-state index in [4.69, 9.17) is 0 Å². The minimum Gasteiger partial charge on any atom is -0.374 e. The van der Waals surface area contributed by atoms with Crippen LogP contribution in [0.15, 0.2) is 72.8 Å². The Morgan fingerprint density at radius 3 is 2.49 bits per heavy atom. The van der Waals surface area contributed by atoms with Crippen LogP contribution in [0, 0.1) is 12.3 Å². The van der Waals surface area contributed by atoms with Gasteiger partial charge in [0.05, 0.1) is 11.5 Å². The minimum absolute atomic E-state index is 0.0162. The molecule has 1 aliphatic carbocycles. The summed E-state index contributed by atoms with van der Waals surface area (Å²) in [6, 6.07) is 25.1. The number of carbonyl (C=O) groups excluding carboxylic acids is 2. The quantitative estimate of drug-likeness (QED) is 0.485. The van der Waals surface area contributed by atoms with Crippen LogP contribution in [-0.2, 0) is 15.1 Å². The highest BCUT2D eigenvalue weighted by molar-refractivity contribution is 6.13. The Labute approximate surface area is 217 Å². The first-order valence-electron chi connectivity index (χ1n) is 13.7. The third-order valence-corrected chi connectivity index (χ3v) is 10.3. The molecule has 5 nitrogen and oxygen atoms in total. The summed E-state index contributed by atoms with van der Waals surface area (Å²) in [5.41, 5.74) is 4.73. The number of nitrogens with one attached hydrogen (secondary N) is 2. The maximum Gasteiger partial charge on any atom is 0.250 e. The van der Waals surface area contributed by atoms with E-state index in [1.165, 1.54) is 16.7 Å². The van der Waals surface area contributed by atoms with Gasteiger partial charge in [-0.05, 0) is 62.4 Å². The number of benzene rings is 3. The second kappa shape index (κ2) is 7.32. The molecule has 4 aliphatic heterocycles. The second-order valence-corrected chi connectivity index (χ2v) is 11.7. The minimum atomic E-state index is -0.987. The van der Waals surface area contributed by atoms with Crippen molar-refractivity contribution in [3.8, 4) is 0 Å². The Morgan fingerprint density at radius 1 is 0.892 bits per heavy atom. The number of rotatable bonds is 1. The molecule has 0 aromatic heterocycles. The Balaban J connectivity index is 1.40. The lowest BCUT2D eigenvalue weighted by atomic mass is 9.51. The van der Waals surface area contributed by atoms with E-state index in [1.54, 1.807) is 0 Å². The largest absolute Gasteiger partial charge is 0.374 e. The molecule has 1 amide bonds. The number of hydrogen-bond acceptors (Lipinski definition) is 4. The summed E-state index contributed by atoms with van der Waals surface area (Å²) in [6.45, 7) is 2.94. The molecule has 37 heavy (non-hydrogen) atoms. The molecule has 1 saturated carbocycles. The molecule has 4 heterocycles. The van der Waals surface area contributed by atoms with Gasteiger partial charge in [-0.1, -0.05) is 66.2 Å². The average molecular weight is 490 g/mol. The molecule has 5 heteroatoms. The summed E-state index contributed by atoms with van der Waals surface area (Å²) >= 11 is 0. The van der Waals surface area contributed by atoms with Gasteiger partial charge in [0.25, 0.3) is 5.91 Å². The number of anilines is 2. The van der Waals surface area contributed by atoms with Gasteiger partial charge >= 0.3 is 0 Å². The van der Waals surface area contributed by atoms with Crippen molar-refractivity contribution in [1.82, 2.24) is 4.90 Å². The SMILES string of the molecule is Cc1ccc([C@H]2C3CCCN3[C@@]3(C(=O)Nc4ccccc43)[C@]23CCC2c4ccccc4NC2C3=O)cc1. The molecule has 2 saturated heterocycles. The van der Waals surface area contributed by atoms with E-state index in [0.29, 0.717) is 6.42 Å². The number of amides is 1. The van der Waals surface area contributed by atoms with Crippen molar-refractivity contribution < 1.29 is 9.59 Å². The van der Waals surface area contributed by atoms with E-state index in [2.05, 4.69) is 71.0 Å². The standard InChI is InChI=1S/C32H31N3O2/c1-19-12-14-20(15-13-19)27-26-11-6-18-35(26)32(23-8-3-5-10-25(23)34-30(32)37)31(27)17-16-22-21-7-2-4-9-24(21)33-28(22)29(31)36/h2-5,7-10,12-15,22,26-28,33H,6,11,16-18H2,1H3,(H,34,37)/t22?,26?,27-,28?,31+,32-/m0/s1. The summed E-state index contributed by atoms with van der Waals surface area (Å²) in [5.74, 6) is 0.316. The predicted molar refractivity (Wildman–Crippen MR) is 144 cm³/mol. The molecule has 3 unspecified atom stereocenters. The van der Waals surface area contributed by atoms with E-state index in [1.807, 2.05) is 24.3 Å². The molecule has 6 atom stereocenters. The van der Waals surface area contributed by atoms with Crippen molar-refractivity contribution in [1.29, 1.82) is 0 Å². The number of nitrogens with zero attached hydrogens (tertiary/aromatic N) is 1. The molecular formula is C32H31N3O2. The number of ketones is 1. The molecule has 5 aliphatic rings. The van der Waals surface area contributed by atoms with Crippen LogP contribution in [0.4, 0.5) is 11.4 Å². The molecule has 2 spiro atoms. The van der Waals surface area contributed by atoms with Crippen LogP contribution in [0.3, 0.4) is 0 Å². The number of para-hydroxylation sites is 2. The van der Waals surface area contributed by atoms with Gasteiger partial charge in [-0.15, -0.1) is 0 Å². The highest BCUT2D eigenvalue weighted by Gasteiger charge is 2.78. The fraction of sp³-hybridized carbons (Fsp3) is 0.375. The molecule has 0 radical (unpaired) electrons. The monoisotopic (exact) mass is 489 g/mol. The van der Waals surface area contributed by atoms with E-state index < -0.39 is 11.0 Å². The lowest BCUT2D eigenvalue weighted by Gasteiger charge is -2.51. The van der Waals surface area contributed by atoms with E-state index in [0.717, 1.165) is 42.7 Å². The highest BCUT2D eigenvalue weighted by Crippen LogP contribution is 2.71. The van der Waals surface area contributed by atoms with Crippen molar-refractivity contribution in [2.75, 3.05) is 17.2 Å². The van der Waals surface area contributed by atoms with Crippen molar-refractivity contribution in [3.63, 3.8) is 0 Å². The lowest BCUT2D eigenvalue weighted by Crippen LogP contribution is -2.64. The highest BCUT2D eigenvalue weighted by atomic mass is 16.2. The van der Waals surface area contributed by atoms with E-state index >= 15 is 4.79 Å². The second-order valence-electron chi connectivity index (χ2n) is 11.7. The van der Waals surface area contributed by atoms with Crippen LogP contribution in [0.5, 0.6) is 0 Å². The number of fused-ring (bicyclic) bond motifs is 8. The zero-order valence-corrected chi connectivity index (χ0v) is 21.0. The lowest BCUT2D eigenvalue weighted by molar-refractivity contribution is -0.150. The fourth-order valence-corrected chi connectivity index (χ4v) is 9.04. The molecule has 0 bridgehead atoms. The van der Waals surface area contributed by atoms with Crippen LogP contribution in [-0.4, -0.2) is 35.2 Å².